The molecular formula is C10H15NO4S. The van der Waals surface area contributed by atoms with Crippen LogP contribution in [0, 0.1) is 5.92 Å². The van der Waals surface area contributed by atoms with Gasteiger partial charge in [0.25, 0.3) is 5.91 Å². The van der Waals surface area contributed by atoms with Gasteiger partial charge in [-0.2, -0.15) is 0 Å². The van der Waals surface area contributed by atoms with Crippen LogP contribution < -0.4 is 0 Å². The molecule has 0 saturated carbocycles. The SMILES string of the molecule is CON(C)C(=O)[C@@H](CO)[C@H](O)c1cccs1. The Labute approximate surface area is 97.8 Å². The monoisotopic (exact) mass is 245 g/mol. The van der Waals surface area contributed by atoms with E-state index in [4.69, 9.17) is 9.94 Å². The number of rotatable bonds is 5. The van der Waals surface area contributed by atoms with Crippen LogP contribution in [-0.2, 0) is 9.63 Å². The maximum atomic E-state index is 11.7. The van der Waals surface area contributed by atoms with Crippen LogP contribution in [0.5, 0.6) is 0 Å². The summed E-state index contributed by atoms with van der Waals surface area (Å²) in [5.41, 5.74) is 0. The average Bonchev–Trinajstić information content (AvgIpc) is 2.82. The highest BCUT2D eigenvalue weighted by molar-refractivity contribution is 7.10. The van der Waals surface area contributed by atoms with E-state index in [9.17, 15) is 9.90 Å². The zero-order valence-corrected chi connectivity index (χ0v) is 9.98. The molecule has 0 fully saturated rings. The Morgan fingerprint density at radius 2 is 2.38 bits per heavy atom. The maximum absolute atomic E-state index is 11.7. The van der Waals surface area contributed by atoms with E-state index < -0.39 is 24.5 Å². The van der Waals surface area contributed by atoms with Gasteiger partial charge < -0.3 is 10.2 Å². The fourth-order valence-corrected chi connectivity index (χ4v) is 2.07. The van der Waals surface area contributed by atoms with Crippen molar-refractivity contribution in [1.82, 2.24) is 5.06 Å². The quantitative estimate of drug-likeness (QED) is 0.737. The Morgan fingerprint density at radius 1 is 1.69 bits per heavy atom. The number of thiophene rings is 1. The number of nitrogens with zero attached hydrogens (tertiary/aromatic N) is 1. The van der Waals surface area contributed by atoms with Crippen molar-refractivity contribution in [1.29, 1.82) is 0 Å². The van der Waals surface area contributed by atoms with E-state index >= 15 is 0 Å². The Kier molecular flexibility index (Phi) is 4.88. The molecule has 0 bridgehead atoms. The standard InChI is InChI=1S/C10H15NO4S/c1-11(15-2)10(14)7(6-12)9(13)8-4-3-5-16-8/h3-5,7,9,12-13H,6H2,1-2H3/t7-,9-/m0/s1. The largest absolute Gasteiger partial charge is 0.395 e. The normalized spacial score (nSPS) is 14.5. The van der Waals surface area contributed by atoms with Crippen molar-refractivity contribution in [3.63, 3.8) is 0 Å². The van der Waals surface area contributed by atoms with E-state index in [-0.39, 0.29) is 0 Å². The van der Waals surface area contributed by atoms with Crippen LogP contribution in [-0.4, -0.2) is 41.9 Å². The molecule has 5 nitrogen and oxygen atoms in total. The molecule has 0 aromatic carbocycles. The minimum atomic E-state index is -1.00. The number of carbonyl (C=O) groups excluding carboxylic acids is 1. The highest BCUT2D eigenvalue weighted by atomic mass is 32.1. The lowest BCUT2D eigenvalue weighted by atomic mass is 10.0. The molecule has 2 N–H and O–H groups in total. The number of carbonyl (C=O) groups is 1. The van der Waals surface area contributed by atoms with Crippen molar-refractivity contribution in [3.05, 3.63) is 22.4 Å². The summed E-state index contributed by atoms with van der Waals surface area (Å²) in [5.74, 6) is -1.35. The fourth-order valence-electron chi connectivity index (χ4n) is 1.29. The molecule has 0 aliphatic heterocycles. The molecule has 1 aromatic rings. The van der Waals surface area contributed by atoms with Crippen molar-refractivity contribution in [2.24, 2.45) is 5.92 Å². The Morgan fingerprint density at radius 3 is 2.81 bits per heavy atom. The number of amides is 1. The molecule has 16 heavy (non-hydrogen) atoms. The minimum absolute atomic E-state index is 0.425. The van der Waals surface area contributed by atoms with Crippen LogP contribution >= 0.6 is 11.3 Å². The third-order valence-corrected chi connectivity index (χ3v) is 3.26. The summed E-state index contributed by atoms with van der Waals surface area (Å²) < 4.78 is 0. The summed E-state index contributed by atoms with van der Waals surface area (Å²) in [7, 11) is 2.79. The highest BCUT2D eigenvalue weighted by Gasteiger charge is 2.30. The second-order valence-electron chi connectivity index (χ2n) is 3.27. The number of hydroxylamine groups is 2. The number of aliphatic hydroxyl groups excluding tert-OH is 2. The highest BCUT2D eigenvalue weighted by Crippen LogP contribution is 2.26. The van der Waals surface area contributed by atoms with Crippen molar-refractivity contribution < 1.29 is 19.8 Å². The summed E-state index contributed by atoms with van der Waals surface area (Å²) in [6, 6.07) is 3.50. The molecule has 0 saturated heterocycles. The van der Waals surface area contributed by atoms with Crippen molar-refractivity contribution in [2.75, 3.05) is 20.8 Å². The van der Waals surface area contributed by atoms with E-state index in [1.54, 1.807) is 17.5 Å². The van der Waals surface area contributed by atoms with Crippen LogP contribution in [0.1, 0.15) is 11.0 Å². The van der Waals surface area contributed by atoms with Crippen LogP contribution in [0.2, 0.25) is 0 Å². The molecule has 6 heteroatoms. The zero-order valence-electron chi connectivity index (χ0n) is 9.16. The van der Waals surface area contributed by atoms with Gasteiger partial charge in [0.15, 0.2) is 0 Å². The maximum Gasteiger partial charge on any atom is 0.254 e. The van der Waals surface area contributed by atoms with E-state index in [1.165, 1.54) is 25.5 Å². The molecule has 0 radical (unpaired) electrons. The van der Waals surface area contributed by atoms with Gasteiger partial charge in [0, 0.05) is 11.9 Å². The summed E-state index contributed by atoms with van der Waals surface area (Å²) in [4.78, 5) is 17.1. The van der Waals surface area contributed by atoms with E-state index in [0.29, 0.717) is 4.88 Å². The predicted octanol–water partition coefficient (Wildman–Crippen LogP) is 0.410. The molecule has 1 aromatic heterocycles. The number of hydrogen-bond acceptors (Lipinski definition) is 5. The summed E-state index contributed by atoms with van der Waals surface area (Å²) in [6.45, 7) is -0.425. The van der Waals surface area contributed by atoms with Gasteiger partial charge in [-0.3, -0.25) is 9.63 Å². The van der Waals surface area contributed by atoms with Crippen molar-refractivity contribution in [2.45, 2.75) is 6.10 Å². The van der Waals surface area contributed by atoms with E-state index in [2.05, 4.69) is 0 Å². The first-order valence-corrected chi connectivity index (χ1v) is 5.63. The van der Waals surface area contributed by atoms with Gasteiger partial charge in [0.2, 0.25) is 0 Å². The Bertz CT molecular complexity index is 328. The molecule has 1 amide bonds. The minimum Gasteiger partial charge on any atom is -0.395 e. The number of hydrogen-bond donors (Lipinski definition) is 2. The fraction of sp³-hybridized carbons (Fsp3) is 0.500. The van der Waals surface area contributed by atoms with Crippen LogP contribution in [0.25, 0.3) is 0 Å². The van der Waals surface area contributed by atoms with Gasteiger partial charge >= 0.3 is 0 Å². The third kappa shape index (κ3) is 2.79. The second kappa shape index (κ2) is 5.95. The van der Waals surface area contributed by atoms with Gasteiger partial charge in [-0.15, -0.1) is 11.3 Å². The van der Waals surface area contributed by atoms with Crippen molar-refractivity contribution in [3.8, 4) is 0 Å². The van der Waals surface area contributed by atoms with Gasteiger partial charge in [0.1, 0.15) is 6.10 Å². The van der Waals surface area contributed by atoms with Crippen LogP contribution in [0.3, 0.4) is 0 Å². The number of aliphatic hydroxyl groups is 2. The molecule has 1 rings (SSSR count). The van der Waals surface area contributed by atoms with E-state index in [0.717, 1.165) is 5.06 Å². The summed E-state index contributed by atoms with van der Waals surface area (Å²) >= 11 is 1.34. The smallest absolute Gasteiger partial charge is 0.254 e. The third-order valence-electron chi connectivity index (χ3n) is 2.31. The van der Waals surface area contributed by atoms with Gasteiger partial charge in [-0.1, -0.05) is 6.07 Å². The second-order valence-corrected chi connectivity index (χ2v) is 4.25. The van der Waals surface area contributed by atoms with Crippen molar-refractivity contribution >= 4 is 17.2 Å². The van der Waals surface area contributed by atoms with Crippen LogP contribution in [0.15, 0.2) is 17.5 Å². The molecule has 90 valence electrons. The lowest BCUT2D eigenvalue weighted by Crippen LogP contribution is -2.37. The van der Waals surface area contributed by atoms with Gasteiger partial charge in [0.05, 0.1) is 19.6 Å². The van der Waals surface area contributed by atoms with Gasteiger partial charge in [-0.05, 0) is 11.4 Å². The first-order chi connectivity index (χ1) is 7.61. The Hall–Kier alpha value is -0.950. The molecule has 0 unspecified atom stereocenters. The molecular weight excluding hydrogens is 230 g/mol. The van der Waals surface area contributed by atoms with E-state index in [1.807, 2.05) is 0 Å². The molecule has 2 atom stereocenters. The lowest BCUT2D eigenvalue weighted by molar-refractivity contribution is -0.178. The summed E-state index contributed by atoms with van der Waals surface area (Å²) in [5, 5.41) is 21.9. The predicted molar refractivity (Wildman–Crippen MR) is 59.6 cm³/mol. The topological polar surface area (TPSA) is 70.0 Å². The first-order valence-electron chi connectivity index (χ1n) is 4.75. The molecule has 0 aliphatic carbocycles. The lowest BCUT2D eigenvalue weighted by Gasteiger charge is -2.23. The van der Waals surface area contributed by atoms with Crippen LogP contribution in [0.4, 0.5) is 0 Å². The molecule has 1 heterocycles. The molecule has 0 aliphatic rings. The molecule has 0 spiro atoms. The zero-order chi connectivity index (χ0) is 12.1. The summed E-state index contributed by atoms with van der Waals surface area (Å²) in [6.07, 6.45) is -1.00. The van der Waals surface area contributed by atoms with Gasteiger partial charge in [-0.25, -0.2) is 5.06 Å². The Balaban J connectivity index is 2.78. The first kappa shape index (κ1) is 13.1. The average molecular weight is 245 g/mol.